The van der Waals surface area contributed by atoms with Crippen LogP contribution in [0.25, 0.3) is 0 Å². The van der Waals surface area contributed by atoms with Crippen molar-refractivity contribution in [3.8, 4) is 5.75 Å². The van der Waals surface area contributed by atoms with Crippen molar-refractivity contribution in [3.63, 3.8) is 0 Å². The number of carbonyl (C=O) groups excluding carboxylic acids is 1. The predicted octanol–water partition coefficient (Wildman–Crippen LogP) is 1.41. The van der Waals surface area contributed by atoms with Gasteiger partial charge in [0.15, 0.2) is 0 Å². The first-order chi connectivity index (χ1) is 6.13. The van der Waals surface area contributed by atoms with Crippen LogP contribution in [0.2, 0.25) is 0 Å². The number of methoxy groups -OCH3 is 1. The van der Waals surface area contributed by atoms with Gasteiger partial charge in [0.1, 0.15) is 11.5 Å². The van der Waals surface area contributed by atoms with E-state index in [1.165, 1.54) is 0 Å². The average molecular weight is 179 g/mol. The molecule has 0 saturated carbocycles. The van der Waals surface area contributed by atoms with Gasteiger partial charge in [0.25, 0.3) is 0 Å². The Balaban J connectivity index is 2.91. The first-order valence-corrected chi connectivity index (χ1v) is 4.05. The third-order valence-electron chi connectivity index (χ3n) is 1.79. The minimum atomic E-state index is 0.108. The molecule has 3 nitrogen and oxygen atoms in total. The zero-order valence-corrected chi connectivity index (χ0v) is 7.83. The summed E-state index contributed by atoms with van der Waals surface area (Å²) >= 11 is 0. The van der Waals surface area contributed by atoms with Gasteiger partial charge in [-0.05, 0) is 18.6 Å². The normalized spacial score (nSPS) is 9.69. The molecule has 0 aliphatic heterocycles. The van der Waals surface area contributed by atoms with Crippen LogP contribution in [0.15, 0.2) is 18.2 Å². The molecule has 0 radical (unpaired) electrons. The predicted molar refractivity (Wildman–Crippen MR) is 51.8 cm³/mol. The number of ether oxygens (including phenoxy) is 1. The number of hydrogen-bond donors (Lipinski definition) is 1. The summed E-state index contributed by atoms with van der Waals surface area (Å²) in [6.07, 6.45) is 0.385. The summed E-state index contributed by atoms with van der Waals surface area (Å²) in [5, 5.41) is 0. The van der Waals surface area contributed by atoms with E-state index in [-0.39, 0.29) is 5.78 Å². The number of anilines is 1. The van der Waals surface area contributed by atoms with Gasteiger partial charge in [-0.15, -0.1) is 0 Å². The lowest BCUT2D eigenvalue weighted by atomic mass is 10.1. The molecular formula is C10H13NO2. The molecule has 1 aromatic carbocycles. The highest BCUT2D eigenvalue weighted by molar-refractivity contribution is 5.80. The van der Waals surface area contributed by atoms with Crippen LogP contribution in [0.5, 0.6) is 5.75 Å². The molecule has 0 bridgehead atoms. The minimum Gasteiger partial charge on any atom is -0.497 e. The van der Waals surface area contributed by atoms with E-state index in [2.05, 4.69) is 0 Å². The van der Waals surface area contributed by atoms with Crippen molar-refractivity contribution in [2.45, 2.75) is 13.3 Å². The van der Waals surface area contributed by atoms with Crippen LogP contribution < -0.4 is 10.5 Å². The molecule has 0 aromatic heterocycles. The molecule has 70 valence electrons. The van der Waals surface area contributed by atoms with Gasteiger partial charge in [-0.2, -0.15) is 0 Å². The zero-order chi connectivity index (χ0) is 9.84. The van der Waals surface area contributed by atoms with Crippen LogP contribution in [-0.2, 0) is 11.2 Å². The number of carbonyl (C=O) groups is 1. The molecule has 1 rings (SSSR count). The maximum absolute atomic E-state index is 10.8. The highest BCUT2D eigenvalue weighted by Crippen LogP contribution is 2.19. The van der Waals surface area contributed by atoms with E-state index in [4.69, 9.17) is 10.5 Å². The maximum atomic E-state index is 10.8. The van der Waals surface area contributed by atoms with E-state index in [9.17, 15) is 4.79 Å². The Morgan fingerprint density at radius 2 is 2.23 bits per heavy atom. The van der Waals surface area contributed by atoms with Gasteiger partial charge in [-0.1, -0.05) is 6.07 Å². The van der Waals surface area contributed by atoms with Gasteiger partial charge < -0.3 is 10.5 Å². The van der Waals surface area contributed by atoms with Gasteiger partial charge in [0.05, 0.1) is 7.11 Å². The van der Waals surface area contributed by atoms with Crippen molar-refractivity contribution in [2.75, 3.05) is 12.8 Å². The van der Waals surface area contributed by atoms with Crippen molar-refractivity contribution < 1.29 is 9.53 Å². The number of Topliss-reactive ketones (excluding diaryl/α,β-unsaturated/α-hetero) is 1. The molecule has 0 saturated heterocycles. The van der Waals surface area contributed by atoms with Crippen LogP contribution >= 0.6 is 0 Å². The Bertz CT molecular complexity index is 321. The van der Waals surface area contributed by atoms with Crippen molar-refractivity contribution in [2.24, 2.45) is 0 Å². The van der Waals surface area contributed by atoms with Crippen LogP contribution in [0.4, 0.5) is 5.69 Å². The second-order valence-electron chi connectivity index (χ2n) is 2.94. The third-order valence-corrected chi connectivity index (χ3v) is 1.79. The number of ketones is 1. The Kier molecular flexibility index (Phi) is 2.90. The second-order valence-corrected chi connectivity index (χ2v) is 2.94. The number of rotatable bonds is 3. The molecule has 0 aliphatic rings. The number of nitrogen functional groups attached to an aromatic ring is 1. The van der Waals surface area contributed by atoms with Crippen molar-refractivity contribution in [3.05, 3.63) is 23.8 Å². The zero-order valence-electron chi connectivity index (χ0n) is 7.83. The summed E-state index contributed by atoms with van der Waals surface area (Å²) in [4.78, 5) is 10.8. The molecule has 13 heavy (non-hydrogen) atoms. The monoisotopic (exact) mass is 179 g/mol. The topological polar surface area (TPSA) is 52.3 Å². The SMILES string of the molecule is COc1ccc(CC(C)=O)c(N)c1. The first-order valence-electron chi connectivity index (χ1n) is 4.05. The summed E-state index contributed by atoms with van der Waals surface area (Å²) in [6.45, 7) is 1.55. The van der Waals surface area contributed by atoms with Crippen LogP contribution in [0, 0.1) is 0 Å². The summed E-state index contributed by atoms with van der Waals surface area (Å²) < 4.78 is 4.99. The molecular weight excluding hydrogens is 166 g/mol. The summed E-state index contributed by atoms with van der Waals surface area (Å²) in [5.41, 5.74) is 7.17. The van der Waals surface area contributed by atoms with Gasteiger partial charge in [0, 0.05) is 18.2 Å². The minimum absolute atomic E-state index is 0.108. The molecule has 0 aliphatic carbocycles. The number of benzene rings is 1. The largest absolute Gasteiger partial charge is 0.497 e. The van der Waals surface area contributed by atoms with E-state index in [1.54, 1.807) is 26.2 Å². The van der Waals surface area contributed by atoms with E-state index in [0.29, 0.717) is 17.9 Å². The second kappa shape index (κ2) is 3.94. The van der Waals surface area contributed by atoms with Crippen LogP contribution in [-0.4, -0.2) is 12.9 Å². The summed E-state index contributed by atoms with van der Waals surface area (Å²) in [5.74, 6) is 0.821. The van der Waals surface area contributed by atoms with Crippen molar-refractivity contribution >= 4 is 11.5 Å². The Hall–Kier alpha value is -1.51. The van der Waals surface area contributed by atoms with E-state index in [0.717, 1.165) is 5.56 Å². The fourth-order valence-corrected chi connectivity index (χ4v) is 1.13. The standard InChI is InChI=1S/C10H13NO2/c1-7(12)5-8-3-4-9(13-2)6-10(8)11/h3-4,6H,5,11H2,1-2H3. The van der Waals surface area contributed by atoms with Gasteiger partial charge in [-0.25, -0.2) is 0 Å². The Morgan fingerprint density at radius 3 is 2.69 bits per heavy atom. The van der Waals surface area contributed by atoms with E-state index < -0.39 is 0 Å². The maximum Gasteiger partial charge on any atom is 0.134 e. The molecule has 1 aromatic rings. The van der Waals surface area contributed by atoms with Gasteiger partial charge in [0.2, 0.25) is 0 Å². The average Bonchev–Trinajstić information content (AvgIpc) is 2.08. The number of hydrogen-bond acceptors (Lipinski definition) is 3. The molecule has 0 atom stereocenters. The summed E-state index contributed by atoms with van der Waals surface area (Å²) in [6, 6.07) is 5.34. The quantitative estimate of drug-likeness (QED) is 0.714. The molecule has 0 amide bonds. The lowest BCUT2D eigenvalue weighted by Gasteiger charge is -2.05. The molecule has 2 N–H and O–H groups in total. The highest BCUT2D eigenvalue weighted by Gasteiger charge is 2.03. The summed E-state index contributed by atoms with van der Waals surface area (Å²) in [7, 11) is 1.58. The number of nitrogens with two attached hydrogens (primary N) is 1. The van der Waals surface area contributed by atoms with E-state index in [1.807, 2.05) is 6.07 Å². The van der Waals surface area contributed by atoms with Crippen LogP contribution in [0.1, 0.15) is 12.5 Å². The molecule has 0 fully saturated rings. The van der Waals surface area contributed by atoms with Crippen molar-refractivity contribution in [1.82, 2.24) is 0 Å². The molecule has 0 heterocycles. The van der Waals surface area contributed by atoms with Gasteiger partial charge in [-0.3, -0.25) is 4.79 Å². The van der Waals surface area contributed by atoms with Crippen LogP contribution in [0.3, 0.4) is 0 Å². The fraction of sp³-hybridized carbons (Fsp3) is 0.300. The third kappa shape index (κ3) is 2.47. The van der Waals surface area contributed by atoms with Gasteiger partial charge >= 0.3 is 0 Å². The van der Waals surface area contributed by atoms with Crippen molar-refractivity contribution in [1.29, 1.82) is 0 Å². The first kappa shape index (κ1) is 9.58. The lowest BCUT2D eigenvalue weighted by Crippen LogP contribution is -2.01. The molecule has 3 heteroatoms. The van der Waals surface area contributed by atoms with E-state index >= 15 is 0 Å². The Morgan fingerprint density at radius 1 is 1.54 bits per heavy atom. The lowest BCUT2D eigenvalue weighted by molar-refractivity contribution is -0.116. The molecule has 0 unspecified atom stereocenters. The Labute approximate surface area is 77.5 Å². The smallest absolute Gasteiger partial charge is 0.134 e. The highest BCUT2D eigenvalue weighted by atomic mass is 16.5. The fourth-order valence-electron chi connectivity index (χ4n) is 1.13. The molecule has 0 spiro atoms.